The van der Waals surface area contributed by atoms with Crippen LogP contribution < -0.4 is 10.2 Å². The number of nitrogens with zero attached hydrogens (tertiary/aromatic N) is 3. The topological polar surface area (TPSA) is 67.3 Å². The van der Waals surface area contributed by atoms with Gasteiger partial charge in [0.1, 0.15) is 5.69 Å². The normalized spacial score (nSPS) is 13.0. The molecule has 0 atom stereocenters. The molecule has 1 aliphatic rings. The molecule has 1 aromatic heterocycles. The van der Waals surface area contributed by atoms with E-state index in [1.165, 1.54) is 5.56 Å². The molecular weight excluding hydrogens is 280 g/mol. The highest BCUT2D eigenvalue weighted by Crippen LogP contribution is 2.31. The van der Waals surface area contributed by atoms with Gasteiger partial charge in [-0.2, -0.15) is 0 Å². The van der Waals surface area contributed by atoms with Crippen molar-refractivity contribution < 1.29 is 9.53 Å². The molecule has 0 unspecified atom stereocenters. The van der Waals surface area contributed by atoms with Gasteiger partial charge in [-0.15, -0.1) is 0 Å². The number of fused-ring (bicyclic) bond motifs is 1. The number of carbonyl (C=O) groups excluding carboxylic acids is 1. The van der Waals surface area contributed by atoms with Crippen molar-refractivity contribution in [2.45, 2.75) is 6.42 Å². The van der Waals surface area contributed by atoms with Crippen molar-refractivity contribution in [2.75, 3.05) is 31.7 Å². The molecule has 0 saturated carbocycles. The quantitative estimate of drug-likeness (QED) is 0.848. The zero-order valence-electron chi connectivity index (χ0n) is 12.5. The minimum absolute atomic E-state index is 0.215. The third kappa shape index (κ3) is 2.92. The second-order valence-corrected chi connectivity index (χ2v) is 5.02. The summed E-state index contributed by atoms with van der Waals surface area (Å²) in [5.41, 5.74) is 2.76. The van der Waals surface area contributed by atoms with Crippen molar-refractivity contribution in [3.8, 4) is 0 Å². The largest absolute Gasteiger partial charge is 0.383 e. The third-order valence-electron chi connectivity index (χ3n) is 3.60. The van der Waals surface area contributed by atoms with Crippen LogP contribution in [-0.2, 0) is 11.2 Å². The lowest BCUT2D eigenvalue weighted by Crippen LogP contribution is -2.28. The number of carbonyl (C=O) groups is 1. The van der Waals surface area contributed by atoms with Gasteiger partial charge in [-0.3, -0.25) is 4.79 Å². The molecule has 1 aromatic carbocycles. The summed E-state index contributed by atoms with van der Waals surface area (Å²) >= 11 is 0. The fourth-order valence-electron chi connectivity index (χ4n) is 2.51. The predicted octanol–water partition coefficient (Wildman–Crippen LogP) is 1.55. The summed E-state index contributed by atoms with van der Waals surface area (Å²) in [7, 11) is 1.60. The molecule has 1 N–H and O–H groups in total. The van der Waals surface area contributed by atoms with E-state index < -0.39 is 0 Å². The molecule has 0 fully saturated rings. The number of methoxy groups -OCH3 is 1. The maximum Gasteiger partial charge on any atom is 0.270 e. The predicted molar refractivity (Wildman–Crippen MR) is 83.4 cm³/mol. The van der Waals surface area contributed by atoms with Crippen LogP contribution in [0.2, 0.25) is 0 Å². The summed E-state index contributed by atoms with van der Waals surface area (Å²) in [6.07, 6.45) is 2.58. The zero-order chi connectivity index (χ0) is 15.4. The van der Waals surface area contributed by atoms with E-state index in [0.717, 1.165) is 18.7 Å². The maximum atomic E-state index is 12.1. The lowest BCUT2D eigenvalue weighted by Gasteiger charge is -2.17. The van der Waals surface area contributed by atoms with Gasteiger partial charge in [0.15, 0.2) is 0 Å². The molecule has 0 bridgehead atoms. The average molecular weight is 298 g/mol. The number of amides is 1. The van der Waals surface area contributed by atoms with Gasteiger partial charge in [0.05, 0.1) is 6.61 Å². The molecule has 3 rings (SSSR count). The first-order valence-electron chi connectivity index (χ1n) is 7.25. The first kappa shape index (κ1) is 14.5. The zero-order valence-corrected chi connectivity index (χ0v) is 12.5. The molecule has 0 aliphatic carbocycles. The van der Waals surface area contributed by atoms with Gasteiger partial charge >= 0.3 is 0 Å². The van der Waals surface area contributed by atoms with Gasteiger partial charge in [-0.1, -0.05) is 18.2 Å². The van der Waals surface area contributed by atoms with Crippen molar-refractivity contribution in [2.24, 2.45) is 0 Å². The molecule has 2 aromatic rings. The molecule has 0 saturated heterocycles. The van der Waals surface area contributed by atoms with Crippen LogP contribution in [0.3, 0.4) is 0 Å². The molecule has 6 nitrogen and oxygen atoms in total. The number of anilines is 2. The number of hydrogen-bond acceptors (Lipinski definition) is 5. The Balaban J connectivity index is 1.79. The average Bonchev–Trinajstić information content (AvgIpc) is 2.99. The second kappa shape index (κ2) is 6.53. The highest BCUT2D eigenvalue weighted by atomic mass is 16.5. The van der Waals surface area contributed by atoms with E-state index >= 15 is 0 Å². The number of aromatic nitrogens is 2. The number of nitrogens with one attached hydrogen (secondary N) is 1. The number of hydrogen-bond donors (Lipinski definition) is 1. The monoisotopic (exact) mass is 298 g/mol. The van der Waals surface area contributed by atoms with E-state index in [-0.39, 0.29) is 5.91 Å². The molecule has 6 heteroatoms. The maximum absolute atomic E-state index is 12.1. The van der Waals surface area contributed by atoms with Crippen molar-refractivity contribution in [1.82, 2.24) is 15.3 Å². The SMILES string of the molecule is COCCNC(=O)c1ccnc(N2CCc3ccccc32)n1. The fourth-order valence-corrected chi connectivity index (χ4v) is 2.51. The number of rotatable bonds is 5. The number of benzene rings is 1. The summed E-state index contributed by atoms with van der Waals surface area (Å²) in [6, 6.07) is 9.81. The Morgan fingerprint density at radius 2 is 2.23 bits per heavy atom. The van der Waals surface area contributed by atoms with Crippen molar-refractivity contribution in [3.63, 3.8) is 0 Å². The van der Waals surface area contributed by atoms with E-state index in [1.807, 2.05) is 17.0 Å². The minimum atomic E-state index is -0.215. The van der Waals surface area contributed by atoms with Gasteiger partial charge in [0.25, 0.3) is 5.91 Å². The first-order chi connectivity index (χ1) is 10.8. The fraction of sp³-hybridized carbons (Fsp3) is 0.312. The lowest BCUT2D eigenvalue weighted by atomic mass is 10.2. The molecular formula is C16H18N4O2. The van der Waals surface area contributed by atoms with Crippen LogP contribution in [0.4, 0.5) is 11.6 Å². The molecule has 0 spiro atoms. The van der Waals surface area contributed by atoms with Crippen LogP contribution >= 0.6 is 0 Å². The van der Waals surface area contributed by atoms with Crippen LogP contribution in [0, 0.1) is 0 Å². The molecule has 2 heterocycles. The Bertz CT molecular complexity index is 675. The van der Waals surface area contributed by atoms with E-state index in [1.54, 1.807) is 19.4 Å². The van der Waals surface area contributed by atoms with Gasteiger partial charge < -0.3 is 15.0 Å². The van der Waals surface area contributed by atoms with Crippen molar-refractivity contribution >= 4 is 17.5 Å². The summed E-state index contributed by atoms with van der Waals surface area (Å²) in [5, 5.41) is 2.76. The third-order valence-corrected chi connectivity index (χ3v) is 3.60. The minimum Gasteiger partial charge on any atom is -0.383 e. The van der Waals surface area contributed by atoms with E-state index in [2.05, 4.69) is 27.4 Å². The molecule has 1 amide bonds. The smallest absolute Gasteiger partial charge is 0.270 e. The molecule has 0 radical (unpaired) electrons. The Hall–Kier alpha value is -2.47. The Kier molecular flexibility index (Phi) is 4.29. The summed E-state index contributed by atoms with van der Waals surface area (Å²) in [5.74, 6) is 0.345. The second-order valence-electron chi connectivity index (χ2n) is 5.02. The van der Waals surface area contributed by atoms with Crippen LogP contribution in [0.1, 0.15) is 16.1 Å². The Labute approximate surface area is 129 Å². The summed E-state index contributed by atoms with van der Waals surface area (Å²) < 4.78 is 4.92. The van der Waals surface area contributed by atoms with Crippen LogP contribution in [0.25, 0.3) is 0 Å². The Morgan fingerprint density at radius 1 is 1.36 bits per heavy atom. The molecule has 114 valence electrons. The van der Waals surface area contributed by atoms with Crippen molar-refractivity contribution in [1.29, 1.82) is 0 Å². The number of para-hydroxylation sites is 1. The van der Waals surface area contributed by atoms with Crippen LogP contribution in [0.15, 0.2) is 36.5 Å². The number of ether oxygens (including phenoxy) is 1. The summed E-state index contributed by atoms with van der Waals surface area (Å²) in [4.78, 5) is 22.8. The van der Waals surface area contributed by atoms with E-state index in [4.69, 9.17) is 4.74 Å². The Morgan fingerprint density at radius 3 is 3.09 bits per heavy atom. The van der Waals surface area contributed by atoms with Gasteiger partial charge in [-0.05, 0) is 24.1 Å². The van der Waals surface area contributed by atoms with Crippen molar-refractivity contribution in [3.05, 3.63) is 47.8 Å². The van der Waals surface area contributed by atoms with Crippen LogP contribution in [-0.4, -0.2) is 42.7 Å². The first-order valence-corrected chi connectivity index (χ1v) is 7.25. The molecule has 1 aliphatic heterocycles. The highest BCUT2D eigenvalue weighted by molar-refractivity contribution is 5.92. The summed E-state index contributed by atoms with van der Waals surface area (Å²) in [6.45, 7) is 1.76. The van der Waals surface area contributed by atoms with E-state index in [9.17, 15) is 4.79 Å². The lowest BCUT2D eigenvalue weighted by molar-refractivity contribution is 0.0932. The van der Waals surface area contributed by atoms with Gasteiger partial charge in [0.2, 0.25) is 5.95 Å². The standard InChI is InChI=1S/C16H18N4O2/c1-22-11-9-17-15(21)13-6-8-18-16(19-13)20-10-7-12-4-2-3-5-14(12)20/h2-6,8H,7,9-11H2,1H3,(H,17,21). The highest BCUT2D eigenvalue weighted by Gasteiger charge is 2.22. The van der Waals surface area contributed by atoms with Gasteiger partial charge in [0, 0.05) is 32.1 Å². The van der Waals surface area contributed by atoms with Gasteiger partial charge in [-0.25, -0.2) is 9.97 Å². The van der Waals surface area contributed by atoms with Crippen LogP contribution in [0.5, 0.6) is 0 Å². The molecule has 22 heavy (non-hydrogen) atoms. The van der Waals surface area contributed by atoms with E-state index in [0.29, 0.717) is 24.8 Å².